The molecule has 0 unspecified atom stereocenters. The molecule has 0 saturated heterocycles. The van der Waals surface area contributed by atoms with Gasteiger partial charge in [0, 0.05) is 0 Å². The van der Waals surface area contributed by atoms with Crippen LogP contribution in [0.5, 0.6) is 0 Å². The van der Waals surface area contributed by atoms with Crippen LogP contribution in [0.2, 0.25) is 0 Å². The fraction of sp³-hybridized carbons (Fsp3) is 1.00. The molecule has 1 aliphatic rings. The molecule has 66 valence electrons. The zero-order valence-electron chi connectivity index (χ0n) is 7.90. The lowest BCUT2D eigenvalue weighted by molar-refractivity contribution is 0.423. The van der Waals surface area contributed by atoms with Crippen molar-refractivity contribution in [2.75, 3.05) is 6.54 Å². The van der Waals surface area contributed by atoms with E-state index in [1.165, 1.54) is 32.1 Å². The van der Waals surface area contributed by atoms with Crippen molar-refractivity contribution in [1.82, 2.24) is 0 Å². The minimum absolute atomic E-state index is 0.606. The van der Waals surface area contributed by atoms with Gasteiger partial charge in [-0.05, 0) is 37.1 Å². The highest BCUT2D eigenvalue weighted by atomic mass is 14.6. The molecule has 1 heteroatoms. The summed E-state index contributed by atoms with van der Waals surface area (Å²) in [6.45, 7) is 5.51. The third kappa shape index (κ3) is 2.82. The van der Waals surface area contributed by atoms with Crippen LogP contribution in [-0.4, -0.2) is 6.54 Å². The van der Waals surface area contributed by atoms with Crippen LogP contribution in [0.3, 0.4) is 0 Å². The maximum absolute atomic E-state index is 5.69. The molecule has 0 atom stereocenters. The van der Waals surface area contributed by atoms with Crippen LogP contribution in [0.1, 0.15) is 46.0 Å². The third-order valence-corrected chi connectivity index (χ3v) is 2.88. The lowest BCUT2D eigenvalue weighted by Gasteiger charge is -2.12. The first-order chi connectivity index (χ1) is 5.18. The van der Waals surface area contributed by atoms with Crippen LogP contribution in [0.4, 0.5) is 0 Å². The lowest BCUT2D eigenvalue weighted by atomic mass is 9.96. The largest absolute Gasteiger partial charge is 0.330 e. The van der Waals surface area contributed by atoms with E-state index in [9.17, 15) is 0 Å². The van der Waals surface area contributed by atoms with Gasteiger partial charge >= 0.3 is 0 Å². The van der Waals surface area contributed by atoms with Gasteiger partial charge in [0.1, 0.15) is 0 Å². The zero-order chi connectivity index (χ0) is 8.32. The molecule has 0 aliphatic heterocycles. The first-order valence-electron chi connectivity index (χ1n) is 4.89. The summed E-state index contributed by atoms with van der Waals surface area (Å²) >= 11 is 0. The van der Waals surface area contributed by atoms with Crippen molar-refractivity contribution >= 4 is 0 Å². The van der Waals surface area contributed by atoms with Gasteiger partial charge < -0.3 is 5.73 Å². The van der Waals surface area contributed by atoms with Crippen LogP contribution in [-0.2, 0) is 0 Å². The molecule has 0 bridgehead atoms. The molecule has 0 radical (unpaired) electrons. The van der Waals surface area contributed by atoms with Gasteiger partial charge in [-0.1, -0.05) is 26.7 Å². The second-order valence-electron chi connectivity index (χ2n) is 4.49. The summed E-state index contributed by atoms with van der Waals surface area (Å²) in [5.41, 5.74) is 6.29. The van der Waals surface area contributed by atoms with Crippen molar-refractivity contribution in [2.24, 2.45) is 17.1 Å². The molecule has 11 heavy (non-hydrogen) atoms. The molecule has 0 aromatic rings. The van der Waals surface area contributed by atoms with Gasteiger partial charge in [-0.25, -0.2) is 0 Å². The molecule has 0 amide bonds. The van der Waals surface area contributed by atoms with E-state index in [1.54, 1.807) is 0 Å². The average molecular weight is 155 g/mol. The van der Waals surface area contributed by atoms with Crippen molar-refractivity contribution in [3.05, 3.63) is 0 Å². The van der Waals surface area contributed by atoms with Gasteiger partial charge in [0.05, 0.1) is 0 Å². The van der Waals surface area contributed by atoms with Gasteiger partial charge in [0.15, 0.2) is 0 Å². The van der Waals surface area contributed by atoms with E-state index < -0.39 is 0 Å². The maximum Gasteiger partial charge on any atom is -0.00205 e. The van der Waals surface area contributed by atoms with Gasteiger partial charge in [-0.2, -0.15) is 0 Å². The molecule has 1 rings (SSSR count). The monoisotopic (exact) mass is 155 g/mol. The number of hydrogen-bond acceptors (Lipinski definition) is 1. The van der Waals surface area contributed by atoms with Gasteiger partial charge in [-0.15, -0.1) is 0 Å². The number of rotatable bonds is 5. The van der Waals surface area contributed by atoms with E-state index >= 15 is 0 Å². The van der Waals surface area contributed by atoms with E-state index in [2.05, 4.69) is 13.8 Å². The highest BCUT2D eigenvalue weighted by Crippen LogP contribution is 2.48. The van der Waals surface area contributed by atoms with Crippen molar-refractivity contribution in [1.29, 1.82) is 0 Å². The number of nitrogens with two attached hydrogens (primary N) is 1. The molecule has 0 spiro atoms. The molecule has 0 aromatic carbocycles. The zero-order valence-corrected chi connectivity index (χ0v) is 7.90. The summed E-state index contributed by atoms with van der Waals surface area (Å²) in [6, 6.07) is 0. The molecule has 0 heterocycles. The normalized spacial score (nSPS) is 20.7. The number of hydrogen-bond donors (Lipinski definition) is 1. The van der Waals surface area contributed by atoms with Crippen molar-refractivity contribution in [2.45, 2.75) is 46.0 Å². The van der Waals surface area contributed by atoms with Crippen molar-refractivity contribution in [3.63, 3.8) is 0 Å². The first-order valence-corrected chi connectivity index (χ1v) is 4.89. The Hall–Kier alpha value is -0.0400. The van der Waals surface area contributed by atoms with Crippen molar-refractivity contribution in [3.8, 4) is 0 Å². The summed E-state index contributed by atoms with van der Waals surface area (Å²) in [5, 5.41) is 0. The molecule has 1 saturated carbocycles. The topological polar surface area (TPSA) is 26.0 Å². The molecule has 1 aliphatic carbocycles. The highest BCUT2D eigenvalue weighted by molar-refractivity contribution is 4.93. The summed E-state index contributed by atoms with van der Waals surface area (Å²) in [4.78, 5) is 0. The smallest absolute Gasteiger partial charge is 0.00205 e. The first kappa shape index (κ1) is 9.05. The minimum atomic E-state index is 0.606. The Morgan fingerprint density at radius 2 is 2.00 bits per heavy atom. The van der Waals surface area contributed by atoms with Gasteiger partial charge in [0.2, 0.25) is 0 Å². The van der Waals surface area contributed by atoms with E-state index in [0.29, 0.717) is 5.41 Å². The summed E-state index contributed by atoms with van der Waals surface area (Å²) in [7, 11) is 0. The van der Waals surface area contributed by atoms with Gasteiger partial charge in [0.25, 0.3) is 0 Å². The fourth-order valence-corrected chi connectivity index (χ4v) is 1.62. The third-order valence-electron chi connectivity index (χ3n) is 2.88. The van der Waals surface area contributed by atoms with Crippen LogP contribution in [0, 0.1) is 11.3 Å². The standard InChI is InChI=1S/C10H21N/c1-9(2)4-3-5-10(8-11)6-7-10/h9H,3-8,11H2,1-2H3. The highest BCUT2D eigenvalue weighted by Gasteiger charge is 2.39. The predicted molar refractivity (Wildman–Crippen MR) is 49.4 cm³/mol. The predicted octanol–water partition coefficient (Wildman–Crippen LogP) is 2.55. The average Bonchev–Trinajstić information content (AvgIpc) is 2.69. The maximum atomic E-state index is 5.69. The Labute approximate surface area is 70.4 Å². The Morgan fingerprint density at radius 1 is 1.36 bits per heavy atom. The Kier molecular flexibility index (Phi) is 2.94. The molecule has 1 nitrogen and oxygen atoms in total. The molecular weight excluding hydrogens is 134 g/mol. The second kappa shape index (κ2) is 3.57. The van der Waals surface area contributed by atoms with E-state index in [-0.39, 0.29) is 0 Å². The molecule has 2 N–H and O–H groups in total. The molecule has 1 fully saturated rings. The van der Waals surface area contributed by atoms with Crippen molar-refractivity contribution < 1.29 is 0 Å². The molecular formula is C10H21N. The lowest BCUT2D eigenvalue weighted by Crippen LogP contribution is -2.15. The van der Waals surface area contributed by atoms with E-state index in [0.717, 1.165) is 12.5 Å². The SMILES string of the molecule is CC(C)CCCC1(CN)CC1. The Bertz CT molecular complexity index is 114. The second-order valence-corrected chi connectivity index (χ2v) is 4.49. The van der Waals surface area contributed by atoms with Gasteiger partial charge in [-0.3, -0.25) is 0 Å². The van der Waals surface area contributed by atoms with Crippen LogP contribution < -0.4 is 5.73 Å². The quantitative estimate of drug-likeness (QED) is 0.648. The summed E-state index contributed by atoms with van der Waals surface area (Å²) < 4.78 is 0. The molecule has 0 aromatic heterocycles. The summed E-state index contributed by atoms with van der Waals surface area (Å²) in [6.07, 6.45) is 6.92. The van der Waals surface area contributed by atoms with E-state index in [4.69, 9.17) is 5.73 Å². The van der Waals surface area contributed by atoms with Crippen LogP contribution >= 0.6 is 0 Å². The Balaban J connectivity index is 2.03. The minimum Gasteiger partial charge on any atom is -0.330 e. The van der Waals surface area contributed by atoms with Crippen LogP contribution in [0.25, 0.3) is 0 Å². The Morgan fingerprint density at radius 3 is 2.36 bits per heavy atom. The van der Waals surface area contributed by atoms with Crippen LogP contribution in [0.15, 0.2) is 0 Å². The fourth-order valence-electron chi connectivity index (χ4n) is 1.62. The summed E-state index contributed by atoms with van der Waals surface area (Å²) in [5.74, 6) is 0.864. The van der Waals surface area contributed by atoms with E-state index in [1.807, 2.05) is 0 Å².